The standard InChI is InChI=1S/C19H18N2O/c1-14-3-5-16(6-4-14)9-12-19(22)21-15(2)18-10-7-17(13-20)8-11-18/h3-12,15H,1-2H3,(H,21,22)/b12-9+. The van der Waals surface area contributed by atoms with E-state index in [0.29, 0.717) is 5.56 Å². The van der Waals surface area contributed by atoms with Gasteiger partial charge in [0.1, 0.15) is 0 Å². The number of aryl methyl sites for hydroxylation is 1. The first-order chi connectivity index (χ1) is 10.6. The molecule has 22 heavy (non-hydrogen) atoms. The molecule has 2 aromatic rings. The fourth-order valence-corrected chi connectivity index (χ4v) is 2.04. The fraction of sp³-hybridized carbons (Fsp3) is 0.158. The molecule has 3 nitrogen and oxygen atoms in total. The highest BCUT2D eigenvalue weighted by Crippen LogP contribution is 2.13. The second kappa shape index (κ2) is 7.24. The third-order valence-corrected chi connectivity index (χ3v) is 3.40. The zero-order chi connectivity index (χ0) is 15.9. The Labute approximate surface area is 130 Å². The summed E-state index contributed by atoms with van der Waals surface area (Å²) in [7, 11) is 0. The Balaban J connectivity index is 1.95. The molecule has 0 aliphatic heterocycles. The molecule has 1 N–H and O–H groups in total. The molecule has 3 heteroatoms. The Hall–Kier alpha value is -2.86. The van der Waals surface area contributed by atoms with Crippen LogP contribution in [-0.4, -0.2) is 5.91 Å². The number of rotatable bonds is 4. The van der Waals surface area contributed by atoms with Crippen LogP contribution in [0.4, 0.5) is 0 Å². The van der Waals surface area contributed by atoms with Crippen LogP contribution in [0.3, 0.4) is 0 Å². The minimum Gasteiger partial charge on any atom is -0.346 e. The van der Waals surface area contributed by atoms with Crippen LogP contribution in [0.5, 0.6) is 0 Å². The highest BCUT2D eigenvalue weighted by atomic mass is 16.1. The molecule has 2 aromatic carbocycles. The van der Waals surface area contributed by atoms with E-state index >= 15 is 0 Å². The van der Waals surface area contributed by atoms with Crippen molar-refractivity contribution in [3.63, 3.8) is 0 Å². The zero-order valence-electron chi connectivity index (χ0n) is 12.7. The number of hydrogen-bond acceptors (Lipinski definition) is 2. The minimum absolute atomic E-state index is 0.108. The van der Waals surface area contributed by atoms with Crippen molar-refractivity contribution in [3.05, 3.63) is 76.9 Å². The van der Waals surface area contributed by atoms with Gasteiger partial charge in [-0.1, -0.05) is 42.0 Å². The van der Waals surface area contributed by atoms with Gasteiger partial charge in [0, 0.05) is 6.08 Å². The highest BCUT2D eigenvalue weighted by Gasteiger charge is 2.07. The topological polar surface area (TPSA) is 52.9 Å². The highest BCUT2D eigenvalue weighted by molar-refractivity contribution is 5.91. The molecular formula is C19H18N2O. The van der Waals surface area contributed by atoms with E-state index < -0.39 is 0 Å². The van der Waals surface area contributed by atoms with E-state index in [1.165, 1.54) is 11.6 Å². The van der Waals surface area contributed by atoms with E-state index in [9.17, 15) is 4.79 Å². The van der Waals surface area contributed by atoms with Crippen molar-refractivity contribution in [1.82, 2.24) is 5.32 Å². The summed E-state index contributed by atoms with van der Waals surface area (Å²) in [4.78, 5) is 11.9. The lowest BCUT2D eigenvalue weighted by molar-refractivity contribution is -0.117. The average molecular weight is 290 g/mol. The van der Waals surface area contributed by atoms with Gasteiger partial charge in [0.15, 0.2) is 0 Å². The summed E-state index contributed by atoms with van der Waals surface area (Å²) in [5, 5.41) is 11.7. The predicted molar refractivity (Wildman–Crippen MR) is 87.9 cm³/mol. The largest absolute Gasteiger partial charge is 0.346 e. The van der Waals surface area contributed by atoms with Crippen LogP contribution in [0.25, 0.3) is 6.08 Å². The van der Waals surface area contributed by atoms with Crippen molar-refractivity contribution >= 4 is 12.0 Å². The van der Waals surface area contributed by atoms with E-state index in [1.807, 2.05) is 50.2 Å². The molecule has 0 aromatic heterocycles. The molecule has 1 atom stereocenters. The molecule has 0 heterocycles. The third-order valence-electron chi connectivity index (χ3n) is 3.40. The summed E-state index contributed by atoms with van der Waals surface area (Å²) in [6, 6.07) is 17.2. The van der Waals surface area contributed by atoms with Gasteiger partial charge in [-0.15, -0.1) is 0 Å². The van der Waals surface area contributed by atoms with Crippen molar-refractivity contribution < 1.29 is 4.79 Å². The van der Waals surface area contributed by atoms with Crippen molar-refractivity contribution in [2.75, 3.05) is 0 Å². The monoisotopic (exact) mass is 290 g/mol. The van der Waals surface area contributed by atoms with Crippen LogP contribution in [0.15, 0.2) is 54.6 Å². The molecule has 0 aliphatic carbocycles. The lowest BCUT2D eigenvalue weighted by atomic mass is 10.1. The van der Waals surface area contributed by atoms with E-state index in [1.54, 1.807) is 18.2 Å². The van der Waals surface area contributed by atoms with E-state index in [2.05, 4.69) is 11.4 Å². The first-order valence-corrected chi connectivity index (χ1v) is 7.14. The summed E-state index contributed by atoms with van der Waals surface area (Å²) >= 11 is 0. The molecule has 0 aliphatic rings. The van der Waals surface area contributed by atoms with Gasteiger partial charge in [0.2, 0.25) is 5.91 Å². The fourth-order valence-electron chi connectivity index (χ4n) is 2.04. The van der Waals surface area contributed by atoms with Crippen LogP contribution in [-0.2, 0) is 4.79 Å². The zero-order valence-corrected chi connectivity index (χ0v) is 12.7. The number of carbonyl (C=O) groups excluding carboxylic acids is 1. The van der Waals surface area contributed by atoms with Crippen molar-refractivity contribution in [3.8, 4) is 6.07 Å². The Morgan fingerprint density at radius 1 is 1.14 bits per heavy atom. The predicted octanol–water partition coefficient (Wildman–Crippen LogP) is 3.76. The van der Waals surface area contributed by atoms with Gasteiger partial charge in [-0.05, 0) is 43.2 Å². The number of benzene rings is 2. The molecule has 1 unspecified atom stereocenters. The van der Waals surface area contributed by atoms with Gasteiger partial charge in [0.05, 0.1) is 17.7 Å². The molecular weight excluding hydrogens is 272 g/mol. The summed E-state index contributed by atoms with van der Waals surface area (Å²) in [5.41, 5.74) is 3.76. The summed E-state index contributed by atoms with van der Waals surface area (Å²) < 4.78 is 0. The number of hydrogen-bond donors (Lipinski definition) is 1. The van der Waals surface area contributed by atoms with Crippen molar-refractivity contribution in [2.24, 2.45) is 0 Å². The van der Waals surface area contributed by atoms with E-state index in [4.69, 9.17) is 5.26 Å². The van der Waals surface area contributed by atoms with Gasteiger partial charge in [-0.3, -0.25) is 4.79 Å². The van der Waals surface area contributed by atoms with Crippen LogP contribution in [0, 0.1) is 18.3 Å². The molecule has 0 spiro atoms. The first-order valence-electron chi connectivity index (χ1n) is 7.14. The van der Waals surface area contributed by atoms with Gasteiger partial charge in [-0.2, -0.15) is 5.26 Å². The number of amides is 1. The van der Waals surface area contributed by atoms with Crippen LogP contribution >= 0.6 is 0 Å². The maximum absolute atomic E-state index is 11.9. The Bertz CT molecular complexity index is 707. The van der Waals surface area contributed by atoms with Crippen LogP contribution in [0.2, 0.25) is 0 Å². The van der Waals surface area contributed by atoms with Gasteiger partial charge < -0.3 is 5.32 Å². The Kier molecular flexibility index (Phi) is 5.11. The number of carbonyl (C=O) groups is 1. The van der Waals surface area contributed by atoms with E-state index in [0.717, 1.165) is 11.1 Å². The molecule has 0 radical (unpaired) electrons. The van der Waals surface area contributed by atoms with Crippen LogP contribution in [0.1, 0.15) is 35.2 Å². The lowest BCUT2D eigenvalue weighted by Crippen LogP contribution is -2.24. The SMILES string of the molecule is Cc1ccc(/C=C/C(=O)NC(C)c2ccc(C#N)cc2)cc1. The number of nitrogens with one attached hydrogen (secondary N) is 1. The van der Waals surface area contributed by atoms with Crippen LogP contribution < -0.4 is 5.32 Å². The number of nitrogens with zero attached hydrogens (tertiary/aromatic N) is 1. The lowest BCUT2D eigenvalue weighted by Gasteiger charge is -2.12. The second-order valence-electron chi connectivity index (χ2n) is 5.21. The molecule has 0 saturated carbocycles. The minimum atomic E-state index is -0.141. The second-order valence-corrected chi connectivity index (χ2v) is 5.21. The summed E-state index contributed by atoms with van der Waals surface area (Å²) in [6.45, 7) is 3.94. The molecule has 2 rings (SSSR count). The average Bonchev–Trinajstić information content (AvgIpc) is 2.54. The molecule has 0 fully saturated rings. The van der Waals surface area contributed by atoms with Gasteiger partial charge in [-0.25, -0.2) is 0 Å². The van der Waals surface area contributed by atoms with Crippen molar-refractivity contribution in [1.29, 1.82) is 5.26 Å². The van der Waals surface area contributed by atoms with E-state index in [-0.39, 0.29) is 11.9 Å². The Morgan fingerprint density at radius 3 is 2.36 bits per heavy atom. The molecule has 0 bridgehead atoms. The van der Waals surface area contributed by atoms with Gasteiger partial charge in [0.25, 0.3) is 0 Å². The Morgan fingerprint density at radius 2 is 1.77 bits per heavy atom. The summed E-state index contributed by atoms with van der Waals surface area (Å²) in [5.74, 6) is -0.141. The molecule has 1 amide bonds. The maximum Gasteiger partial charge on any atom is 0.244 e. The third kappa shape index (κ3) is 4.32. The first kappa shape index (κ1) is 15.5. The quantitative estimate of drug-likeness (QED) is 0.872. The molecule has 0 saturated heterocycles. The maximum atomic E-state index is 11.9. The van der Waals surface area contributed by atoms with Crippen molar-refractivity contribution in [2.45, 2.75) is 19.9 Å². The molecule has 110 valence electrons. The smallest absolute Gasteiger partial charge is 0.244 e. The summed E-state index contributed by atoms with van der Waals surface area (Å²) in [6.07, 6.45) is 3.32. The number of nitriles is 1. The van der Waals surface area contributed by atoms with Gasteiger partial charge >= 0.3 is 0 Å². The normalized spacial score (nSPS) is 11.9.